The fraction of sp³-hybridized carbons (Fsp3) is 0.647. The quantitative estimate of drug-likeness (QED) is 0.827. The van der Waals surface area contributed by atoms with E-state index in [0.717, 1.165) is 12.0 Å². The van der Waals surface area contributed by atoms with Crippen LogP contribution in [-0.2, 0) is 6.42 Å². The zero-order chi connectivity index (χ0) is 14.4. The highest BCUT2D eigenvalue weighted by molar-refractivity contribution is 6.31. The molecule has 1 unspecified atom stereocenters. The molecule has 0 saturated heterocycles. The van der Waals surface area contributed by atoms with Crippen LogP contribution in [-0.4, -0.2) is 13.1 Å². The van der Waals surface area contributed by atoms with E-state index in [1.54, 1.807) is 12.1 Å². The summed E-state index contributed by atoms with van der Waals surface area (Å²) >= 11 is 6.20. The third kappa shape index (κ3) is 4.46. The van der Waals surface area contributed by atoms with E-state index >= 15 is 0 Å². The summed E-state index contributed by atoms with van der Waals surface area (Å²) in [6.45, 7) is 0. The summed E-state index contributed by atoms with van der Waals surface area (Å²) in [6, 6.07) is 5.07. The van der Waals surface area contributed by atoms with Crippen molar-refractivity contribution in [3.63, 3.8) is 0 Å². The van der Waals surface area contributed by atoms with E-state index in [9.17, 15) is 4.39 Å². The lowest BCUT2D eigenvalue weighted by atomic mass is 9.83. The molecule has 0 radical (unpaired) electrons. The van der Waals surface area contributed by atoms with E-state index in [2.05, 4.69) is 5.32 Å². The maximum Gasteiger partial charge on any atom is 0.123 e. The van der Waals surface area contributed by atoms with Crippen molar-refractivity contribution in [2.45, 2.75) is 57.4 Å². The van der Waals surface area contributed by atoms with Crippen LogP contribution in [0.2, 0.25) is 5.02 Å². The molecule has 1 aromatic carbocycles. The van der Waals surface area contributed by atoms with Gasteiger partial charge >= 0.3 is 0 Å². The Balaban J connectivity index is 2.04. The van der Waals surface area contributed by atoms with Gasteiger partial charge in [0.1, 0.15) is 5.82 Å². The number of benzene rings is 1. The number of nitrogens with one attached hydrogen (secondary N) is 1. The molecule has 0 amide bonds. The summed E-state index contributed by atoms with van der Waals surface area (Å²) in [5.41, 5.74) is 0.924. The van der Waals surface area contributed by atoms with Gasteiger partial charge in [0.05, 0.1) is 0 Å². The maximum absolute atomic E-state index is 13.4. The van der Waals surface area contributed by atoms with Gasteiger partial charge in [-0.25, -0.2) is 4.39 Å². The minimum absolute atomic E-state index is 0.197. The van der Waals surface area contributed by atoms with E-state index < -0.39 is 0 Å². The predicted octanol–water partition coefficient (Wildman–Crippen LogP) is 4.97. The summed E-state index contributed by atoms with van der Waals surface area (Å²) in [5, 5.41) is 4.11. The third-order valence-electron chi connectivity index (χ3n) is 4.54. The maximum atomic E-state index is 13.4. The van der Waals surface area contributed by atoms with Crippen molar-refractivity contribution in [3.8, 4) is 0 Å². The Morgan fingerprint density at radius 2 is 1.85 bits per heavy atom. The van der Waals surface area contributed by atoms with Crippen LogP contribution < -0.4 is 5.32 Å². The van der Waals surface area contributed by atoms with Gasteiger partial charge in [0.25, 0.3) is 0 Å². The Bertz CT molecular complexity index is 413. The van der Waals surface area contributed by atoms with Gasteiger partial charge in [-0.2, -0.15) is 0 Å². The summed E-state index contributed by atoms with van der Waals surface area (Å²) in [4.78, 5) is 0. The Morgan fingerprint density at radius 1 is 1.20 bits per heavy atom. The van der Waals surface area contributed by atoms with E-state index in [1.165, 1.54) is 51.0 Å². The lowest BCUT2D eigenvalue weighted by molar-refractivity contribution is 0.293. The van der Waals surface area contributed by atoms with Gasteiger partial charge in [-0.1, -0.05) is 43.7 Å². The van der Waals surface area contributed by atoms with Crippen LogP contribution in [0.1, 0.15) is 50.5 Å². The molecule has 1 fully saturated rings. The normalized spacial score (nSPS) is 19.4. The molecular formula is C17H25ClFN. The van der Waals surface area contributed by atoms with Crippen LogP contribution in [0.25, 0.3) is 0 Å². The van der Waals surface area contributed by atoms with Crippen molar-refractivity contribution < 1.29 is 4.39 Å². The average Bonchev–Trinajstić information content (AvgIpc) is 2.40. The second-order valence-electron chi connectivity index (χ2n) is 5.94. The lowest BCUT2D eigenvalue weighted by Gasteiger charge is -2.29. The second-order valence-corrected chi connectivity index (χ2v) is 6.35. The summed E-state index contributed by atoms with van der Waals surface area (Å²) in [6.07, 6.45) is 10.1. The van der Waals surface area contributed by atoms with Gasteiger partial charge in [0.2, 0.25) is 0 Å². The minimum Gasteiger partial charge on any atom is -0.316 e. The Morgan fingerprint density at radius 3 is 2.50 bits per heavy atom. The topological polar surface area (TPSA) is 12.0 Å². The lowest BCUT2D eigenvalue weighted by Crippen LogP contribution is -2.36. The van der Waals surface area contributed by atoms with Crippen LogP contribution in [0.5, 0.6) is 0 Å². The highest BCUT2D eigenvalue weighted by Gasteiger charge is 2.22. The molecule has 112 valence electrons. The molecule has 20 heavy (non-hydrogen) atoms. The van der Waals surface area contributed by atoms with Crippen molar-refractivity contribution >= 4 is 11.6 Å². The van der Waals surface area contributed by atoms with Crippen LogP contribution in [0.3, 0.4) is 0 Å². The van der Waals surface area contributed by atoms with E-state index in [-0.39, 0.29) is 5.82 Å². The summed E-state index contributed by atoms with van der Waals surface area (Å²) < 4.78 is 13.4. The number of hydrogen-bond donors (Lipinski definition) is 1. The van der Waals surface area contributed by atoms with E-state index in [1.807, 2.05) is 7.05 Å². The monoisotopic (exact) mass is 297 g/mol. The van der Waals surface area contributed by atoms with Crippen molar-refractivity contribution in [2.24, 2.45) is 5.92 Å². The molecule has 0 aromatic heterocycles. The Labute approximate surface area is 126 Å². The SMILES string of the molecule is CNC(Cc1cc(F)ccc1Cl)C1CCCCCCC1. The molecule has 1 aromatic rings. The first-order valence-corrected chi connectivity index (χ1v) is 8.19. The first-order chi connectivity index (χ1) is 9.70. The fourth-order valence-corrected chi connectivity index (χ4v) is 3.53. The molecule has 2 rings (SSSR count). The van der Waals surface area contributed by atoms with Crippen LogP contribution in [0.4, 0.5) is 4.39 Å². The predicted molar refractivity (Wildman–Crippen MR) is 83.8 cm³/mol. The summed E-state index contributed by atoms with van der Waals surface area (Å²) in [7, 11) is 2.01. The fourth-order valence-electron chi connectivity index (χ4n) is 3.33. The zero-order valence-electron chi connectivity index (χ0n) is 12.3. The van der Waals surface area contributed by atoms with Gasteiger partial charge < -0.3 is 5.32 Å². The van der Waals surface area contributed by atoms with Crippen molar-refractivity contribution in [1.29, 1.82) is 0 Å². The Hall–Kier alpha value is -0.600. The van der Waals surface area contributed by atoms with Gasteiger partial charge in [0.15, 0.2) is 0 Å². The van der Waals surface area contributed by atoms with Gasteiger partial charge in [0, 0.05) is 11.1 Å². The molecular weight excluding hydrogens is 273 g/mol. The first-order valence-electron chi connectivity index (χ1n) is 7.82. The molecule has 1 N–H and O–H groups in total. The molecule has 1 aliphatic carbocycles. The third-order valence-corrected chi connectivity index (χ3v) is 4.91. The molecule has 1 aliphatic rings. The van der Waals surface area contributed by atoms with Crippen molar-refractivity contribution in [3.05, 3.63) is 34.6 Å². The van der Waals surface area contributed by atoms with Gasteiger partial charge in [-0.15, -0.1) is 0 Å². The number of hydrogen-bond acceptors (Lipinski definition) is 1. The molecule has 3 heteroatoms. The molecule has 1 nitrogen and oxygen atoms in total. The average molecular weight is 298 g/mol. The van der Waals surface area contributed by atoms with E-state index in [4.69, 9.17) is 11.6 Å². The standard InChI is InChI=1S/C17H25ClFN/c1-20-17(13-7-5-3-2-4-6-8-13)12-14-11-15(19)9-10-16(14)18/h9-11,13,17,20H,2-8,12H2,1H3. The van der Waals surface area contributed by atoms with Gasteiger partial charge in [-0.05, 0) is 56.0 Å². The largest absolute Gasteiger partial charge is 0.316 e. The number of rotatable bonds is 4. The van der Waals surface area contributed by atoms with Crippen LogP contribution in [0.15, 0.2) is 18.2 Å². The molecule has 1 saturated carbocycles. The second kappa shape index (κ2) is 7.99. The van der Waals surface area contributed by atoms with Gasteiger partial charge in [-0.3, -0.25) is 0 Å². The minimum atomic E-state index is -0.197. The first kappa shape index (κ1) is 15.8. The van der Waals surface area contributed by atoms with Crippen LogP contribution in [0, 0.1) is 11.7 Å². The van der Waals surface area contributed by atoms with Crippen LogP contribution >= 0.6 is 11.6 Å². The smallest absolute Gasteiger partial charge is 0.123 e. The zero-order valence-corrected chi connectivity index (χ0v) is 13.1. The number of halogens is 2. The van der Waals surface area contributed by atoms with Crippen molar-refractivity contribution in [2.75, 3.05) is 7.05 Å². The molecule has 1 atom stereocenters. The van der Waals surface area contributed by atoms with Crippen molar-refractivity contribution in [1.82, 2.24) is 5.32 Å². The molecule has 0 spiro atoms. The molecule has 0 aliphatic heterocycles. The van der Waals surface area contributed by atoms with E-state index in [0.29, 0.717) is 17.0 Å². The highest BCUT2D eigenvalue weighted by atomic mass is 35.5. The Kier molecular flexibility index (Phi) is 6.31. The molecule has 0 bridgehead atoms. The highest BCUT2D eigenvalue weighted by Crippen LogP contribution is 2.28. The molecule has 0 heterocycles. The summed E-state index contributed by atoms with van der Waals surface area (Å²) in [5.74, 6) is 0.483. The number of likely N-dealkylation sites (N-methyl/N-ethyl adjacent to an activating group) is 1.